The molecule has 0 unspecified atom stereocenters. The average molecular weight is 322 g/mol. The molecule has 6 nitrogen and oxygen atoms in total. The number of hydrazone groups is 1. The highest BCUT2D eigenvalue weighted by Gasteiger charge is 2.23. The summed E-state index contributed by atoms with van der Waals surface area (Å²) in [5.41, 5.74) is 4.59. The van der Waals surface area contributed by atoms with Crippen LogP contribution >= 0.6 is 0 Å². The van der Waals surface area contributed by atoms with E-state index in [0.29, 0.717) is 12.5 Å². The van der Waals surface area contributed by atoms with Crippen molar-refractivity contribution in [3.63, 3.8) is 0 Å². The average Bonchev–Trinajstić information content (AvgIpc) is 2.98. The molecule has 6 heteroatoms. The van der Waals surface area contributed by atoms with E-state index >= 15 is 0 Å². The van der Waals surface area contributed by atoms with Gasteiger partial charge in [0.2, 0.25) is 11.6 Å². The molecule has 0 amide bonds. The number of aromatic nitrogens is 1. The molecule has 1 aliphatic heterocycles. The first-order valence-corrected chi connectivity index (χ1v) is 7.60. The fourth-order valence-corrected chi connectivity index (χ4v) is 2.17. The fourth-order valence-electron chi connectivity index (χ4n) is 2.17. The van der Waals surface area contributed by atoms with Gasteiger partial charge in [-0.25, -0.2) is 5.43 Å². The SMILES string of the molecule is CC(C)(C)c1nc(C#N)c(NN=CC2=Cc3ccccc3OC2)o1. The molecule has 1 aromatic carbocycles. The highest BCUT2D eigenvalue weighted by Crippen LogP contribution is 2.27. The number of nitrogens with zero attached hydrogens (tertiary/aromatic N) is 3. The van der Waals surface area contributed by atoms with Crippen LogP contribution < -0.4 is 10.2 Å². The molecule has 0 fully saturated rings. The van der Waals surface area contributed by atoms with Gasteiger partial charge in [0.25, 0.3) is 5.88 Å². The van der Waals surface area contributed by atoms with Gasteiger partial charge in [0.1, 0.15) is 18.4 Å². The molecule has 3 rings (SSSR count). The molecule has 0 saturated heterocycles. The maximum atomic E-state index is 9.16. The number of hydrogen-bond acceptors (Lipinski definition) is 6. The summed E-state index contributed by atoms with van der Waals surface area (Å²) in [6.07, 6.45) is 3.66. The molecule has 1 aliphatic rings. The third-order valence-electron chi connectivity index (χ3n) is 3.43. The molecule has 0 saturated carbocycles. The third-order valence-corrected chi connectivity index (χ3v) is 3.43. The maximum Gasteiger partial charge on any atom is 0.252 e. The van der Waals surface area contributed by atoms with E-state index < -0.39 is 0 Å². The van der Waals surface area contributed by atoms with Crippen LogP contribution in [0, 0.1) is 11.3 Å². The number of para-hydroxylation sites is 1. The van der Waals surface area contributed by atoms with Crippen molar-refractivity contribution in [1.82, 2.24) is 4.98 Å². The zero-order valence-electron chi connectivity index (χ0n) is 13.8. The van der Waals surface area contributed by atoms with E-state index in [-0.39, 0.29) is 17.0 Å². The summed E-state index contributed by atoms with van der Waals surface area (Å²) < 4.78 is 11.3. The second kappa shape index (κ2) is 6.20. The van der Waals surface area contributed by atoms with E-state index in [9.17, 15) is 0 Å². The topological polar surface area (TPSA) is 83.4 Å². The molecule has 0 bridgehead atoms. The Bertz CT molecular complexity index is 851. The normalized spacial score (nSPS) is 13.8. The van der Waals surface area contributed by atoms with Crippen molar-refractivity contribution in [2.24, 2.45) is 5.10 Å². The number of nitrogens with one attached hydrogen (secondary N) is 1. The van der Waals surface area contributed by atoms with Crippen LogP contribution in [-0.2, 0) is 5.41 Å². The second-order valence-electron chi connectivity index (χ2n) is 6.47. The highest BCUT2D eigenvalue weighted by atomic mass is 16.5. The van der Waals surface area contributed by atoms with Gasteiger partial charge in [0.05, 0.1) is 6.21 Å². The Morgan fingerprint density at radius 3 is 2.88 bits per heavy atom. The van der Waals surface area contributed by atoms with Crippen molar-refractivity contribution in [3.05, 3.63) is 47.0 Å². The molecule has 0 radical (unpaired) electrons. The number of oxazole rings is 1. The lowest BCUT2D eigenvalue weighted by molar-refractivity contribution is 0.353. The van der Waals surface area contributed by atoms with Gasteiger partial charge < -0.3 is 9.15 Å². The van der Waals surface area contributed by atoms with Gasteiger partial charge in [-0.3, -0.25) is 0 Å². The van der Waals surface area contributed by atoms with Crippen LogP contribution in [-0.4, -0.2) is 17.8 Å². The highest BCUT2D eigenvalue weighted by molar-refractivity contribution is 5.88. The number of fused-ring (bicyclic) bond motifs is 1. The minimum absolute atomic E-state index is 0.191. The molecule has 1 N–H and O–H groups in total. The Balaban J connectivity index is 1.75. The van der Waals surface area contributed by atoms with Crippen LogP contribution in [0.1, 0.15) is 37.9 Å². The monoisotopic (exact) mass is 322 g/mol. The molecular weight excluding hydrogens is 304 g/mol. The van der Waals surface area contributed by atoms with Crippen LogP contribution in [0.4, 0.5) is 5.88 Å². The van der Waals surface area contributed by atoms with Crippen molar-refractivity contribution in [1.29, 1.82) is 5.26 Å². The van der Waals surface area contributed by atoms with Crippen LogP contribution in [0.3, 0.4) is 0 Å². The minimum atomic E-state index is -0.279. The standard InChI is InChI=1S/C18H18N4O2/c1-18(2,3)17-21-14(9-19)16(24-17)22-20-10-12-8-13-6-4-5-7-15(13)23-11-12/h4-8,10,22H,11H2,1-3H3. The number of benzene rings is 1. The summed E-state index contributed by atoms with van der Waals surface area (Å²) in [6, 6.07) is 9.82. The predicted octanol–water partition coefficient (Wildman–Crippen LogP) is 3.72. The Hall–Kier alpha value is -3.07. The van der Waals surface area contributed by atoms with Gasteiger partial charge in [-0.15, -0.1) is 0 Å². The predicted molar refractivity (Wildman–Crippen MR) is 91.9 cm³/mol. The quantitative estimate of drug-likeness (QED) is 0.688. The lowest BCUT2D eigenvalue weighted by Gasteiger charge is -2.15. The summed E-state index contributed by atoms with van der Waals surface area (Å²) in [7, 11) is 0. The molecule has 0 atom stereocenters. The summed E-state index contributed by atoms with van der Waals surface area (Å²) in [6.45, 7) is 6.34. The van der Waals surface area contributed by atoms with Crippen LogP contribution in [0.2, 0.25) is 0 Å². The van der Waals surface area contributed by atoms with Crippen molar-refractivity contribution in [3.8, 4) is 11.8 Å². The summed E-state index contributed by atoms with van der Waals surface area (Å²) in [5.74, 6) is 1.60. The Morgan fingerprint density at radius 2 is 2.12 bits per heavy atom. The number of hydrogen-bond donors (Lipinski definition) is 1. The summed E-state index contributed by atoms with van der Waals surface area (Å²) >= 11 is 0. The molecule has 1 aromatic heterocycles. The van der Waals surface area contributed by atoms with E-state index in [1.165, 1.54) is 0 Å². The van der Waals surface area contributed by atoms with Crippen LogP contribution in [0.15, 0.2) is 39.4 Å². The van der Waals surface area contributed by atoms with Crippen molar-refractivity contribution in [2.45, 2.75) is 26.2 Å². The van der Waals surface area contributed by atoms with Crippen molar-refractivity contribution >= 4 is 18.2 Å². The largest absolute Gasteiger partial charge is 0.488 e. The summed E-state index contributed by atoms with van der Waals surface area (Å²) in [4.78, 5) is 4.19. The van der Waals surface area contributed by atoms with Gasteiger partial charge in [-0.1, -0.05) is 39.0 Å². The van der Waals surface area contributed by atoms with E-state index in [1.807, 2.05) is 57.2 Å². The number of ether oxygens (including phenoxy) is 1. The van der Waals surface area contributed by atoms with E-state index in [0.717, 1.165) is 16.9 Å². The van der Waals surface area contributed by atoms with Crippen molar-refractivity contribution < 1.29 is 9.15 Å². The van der Waals surface area contributed by atoms with Crippen molar-refractivity contribution in [2.75, 3.05) is 12.0 Å². The number of rotatable bonds is 3. The Labute approximate surface area is 140 Å². The first-order valence-electron chi connectivity index (χ1n) is 7.60. The van der Waals surface area contributed by atoms with Crippen LogP contribution in [0.5, 0.6) is 5.75 Å². The molecule has 0 spiro atoms. The molecule has 2 aromatic rings. The maximum absolute atomic E-state index is 9.16. The molecular formula is C18H18N4O2. The fraction of sp³-hybridized carbons (Fsp3) is 0.278. The zero-order valence-corrected chi connectivity index (χ0v) is 13.8. The summed E-state index contributed by atoms with van der Waals surface area (Å²) in [5, 5.41) is 13.3. The first kappa shape index (κ1) is 15.8. The number of nitriles is 1. The van der Waals surface area contributed by atoms with Crippen LogP contribution in [0.25, 0.3) is 6.08 Å². The van der Waals surface area contributed by atoms with Gasteiger partial charge in [-0.05, 0) is 12.1 Å². The Kier molecular flexibility index (Phi) is 4.09. The van der Waals surface area contributed by atoms with Gasteiger partial charge in [0.15, 0.2) is 0 Å². The van der Waals surface area contributed by atoms with E-state index in [1.54, 1.807) is 6.21 Å². The second-order valence-corrected chi connectivity index (χ2v) is 6.47. The Morgan fingerprint density at radius 1 is 1.33 bits per heavy atom. The molecule has 2 heterocycles. The van der Waals surface area contributed by atoms with E-state index in [2.05, 4.69) is 15.5 Å². The van der Waals surface area contributed by atoms with E-state index in [4.69, 9.17) is 14.4 Å². The molecule has 0 aliphatic carbocycles. The third kappa shape index (κ3) is 3.30. The lowest BCUT2D eigenvalue weighted by atomic mass is 9.97. The smallest absolute Gasteiger partial charge is 0.252 e. The minimum Gasteiger partial charge on any atom is -0.488 e. The van der Waals surface area contributed by atoms with Gasteiger partial charge in [-0.2, -0.15) is 15.3 Å². The number of anilines is 1. The van der Waals surface area contributed by atoms with Gasteiger partial charge in [0, 0.05) is 16.6 Å². The van der Waals surface area contributed by atoms with Gasteiger partial charge >= 0.3 is 0 Å². The first-order chi connectivity index (χ1) is 11.5. The lowest BCUT2D eigenvalue weighted by Crippen LogP contribution is -2.11. The molecule has 122 valence electrons. The zero-order chi connectivity index (χ0) is 17.2. The molecule has 24 heavy (non-hydrogen) atoms.